The van der Waals surface area contributed by atoms with Crippen LogP contribution >= 0.6 is 23.2 Å². The second-order valence-corrected chi connectivity index (χ2v) is 12.3. The first-order chi connectivity index (χ1) is 18.6. The van der Waals surface area contributed by atoms with E-state index in [0.29, 0.717) is 0 Å². The van der Waals surface area contributed by atoms with Crippen LogP contribution in [0.3, 0.4) is 0 Å². The molecule has 0 spiro atoms. The van der Waals surface area contributed by atoms with Gasteiger partial charge in [0.15, 0.2) is 32.8 Å². The molecule has 0 amide bonds. The van der Waals surface area contributed by atoms with Crippen molar-refractivity contribution in [2.45, 2.75) is 36.0 Å². The molecule has 8 N–H and O–H groups in total. The van der Waals surface area contributed by atoms with Crippen molar-refractivity contribution in [1.82, 2.24) is 0 Å². The van der Waals surface area contributed by atoms with Gasteiger partial charge in [-0.25, -0.2) is 9.98 Å². The summed E-state index contributed by atoms with van der Waals surface area (Å²) in [6.45, 7) is 3.11. The quantitative estimate of drug-likeness (QED) is 0.117. The van der Waals surface area contributed by atoms with Crippen LogP contribution in [0.4, 0.5) is 22.7 Å². The molecule has 2 unspecified atom stereocenters. The second-order valence-electron chi connectivity index (χ2n) is 8.81. The van der Waals surface area contributed by atoms with Gasteiger partial charge in [-0.05, 0) is 38.1 Å². The molecule has 3 aromatic rings. The van der Waals surface area contributed by atoms with E-state index in [0.717, 1.165) is 0 Å². The molecule has 0 saturated carbocycles. The number of halogens is 2. The summed E-state index contributed by atoms with van der Waals surface area (Å²) in [6.07, 6.45) is -1.38. The Kier molecular flexibility index (Phi) is 6.87. The molecule has 0 saturated heterocycles. The first-order valence-electron chi connectivity index (χ1n) is 11.2. The number of fused-ring (bicyclic) bond motifs is 4. The largest absolute Gasteiger partial charge is 0.450 e. The fourth-order valence-corrected chi connectivity index (χ4v) is 6.24. The molecule has 3 aromatic carbocycles. The summed E-state index contributed by atoms with van der Waals surface area (Å²) in [5, 5.41) is 4.81. The van der Waals surface area contributed by atoms with Crippen molar-refractivity contribution in [3.8, 4) is 23.0 Å². The number of benzene rings is 3. The van der Waals surface area contributed by atoms with Gasteiger partial charge in [-0.1, -0.05) is 23.2 Å². The molecule has 18 heteroatoms. The summed E-state index contributed by atoms with van der Waals surface area (Å²) in [4.78, 5) is 7.46. The number of nitrogens with one attached hydrogen (secondary N) is 2. The van der Waals surface area contributed by atoms with Crippen molar-refractivity contribution in [3.05, 3.63) is 45.0 Å². The summed E-state index contributed by atoms with van der Waals surface area (Å²) in [5.74, 6) is -1.12. The van der Waals surface area contributed by atoms with Gasteiger partial charge in [0.2, 0.25) is 0 Å². The van der Waals surface area contributed by atoms with E-state index in [4.69, 9.17) is 44.1 Å². The molecule has 14 nitrogen and oxygen atoms in total. The molecule has 2 atom stereocenters. The highest BCUT2D eigenvalue weighted by molar-refractivity contribution is 7.86. The minimum absolute atomic E-state index is 0.0385. The van der Waals surface area contributed by atoms with E-state index in [1.807, 2.05) is 0 Å². The third kappa shape index (κ3) is 4.82. The van der Waals surface area contributed by atoms with Crippen LogP contribution in [-0.2, 0) is 20.2 Å². The Morgan fingerprint density at radius 2 is 1.07 bits per heavy atom. The molecule has 2 heterocycles. The van der Waals surface area contributed by atoms with Gasteiger partial charge in [-0.15, -0.1) is 0 Å². The van der Waals surface area contributed by atoms with Gasteiger partial charge in [0, 0.05) is 0 Å². The lowest BCUT2D eigenvalue weighted by molar-refractivity contribution is 0.428. The van der Waals surface area contributed by atoms with Crippen LogP contribution in [0.5, 0.6) is 23.0 Å². The van der Waals surface area contributed by atoms with E-state index < -0.39 is 42.4 Å². The molecular formula is C22H20Cl2N6O8S2. The molecule has 0 fully saturated rings. The summed E-state index contributed by atoms with van der Waals surface area (Å²) in [5.41, 5.74) is 11.3. The zero-order valence-electron chi connectivity index (χ0n) is 20.4. The van der Waals surface area contributed by atoms with Crippen molar-refractivity contribution in [2.24, 2.45) is 21.5 Å². The standard InChI is InChI=1S/C22H20Cl2N6O8S2/c1-7(25)27-11-5-3-9-17(21(11)39(31,32)33)37-19-13(23)16-20(14(24)15(19)29-9)38-18-10(30-16)4-6-12(28-8(2)26)22(18)40(34,35)36/h3-8,27-28H,25-26H2,1-2H3,(H,31,32,33)(H,34,35,36). The monoisotopic (exact) mass is 630 g/mol. The van der Waals surface area contributed by atoms with Gasteiger partial charge in [-0.3, -0.25) is 9.11 Å². The highest BCUT2D eigenvalue weighted by Crippen LogP contribution is 2.48. The molecular weight excluding hydrogens is 611 g/mol. The van der Waals surface area contributed by atoms with Crippen LogP contribution in [0, 0.1) is 0 Å². The van der Waals surface area contributed by atoms with E-state index >= 15 is 0 Å². The predicted molar refractivity (Wildman–Crippen MR) is 145 cm³/mol. The lowest BCUT2D eigenvalue weighted by atomic mass is 10.2. The number of nitrogens with two attached hydrogens (primary N) is 2. The Balaban J connectivity index is 1.77. The van der Waals surface area contributed by atoms with Crippen molar-refractivity contribution in [2.75, 3.05) is 10.6 Å². The molecule has 0 aliphatic carbocycles. The zero-order valence-corrected chi connectivity index (χ0v) is 23.6. The summed E-state index contributed by atoms with van der Waals surface area (Å²) >= 11 is 13.2. The highest BCUT2D eigenvalue weighted by Gasteiger charge is 2.34. The minimum Gasteiger partial charge on any atom is -0.450 e. The number of rotatable bonds is 6. The number of hydrogen-bond acceptors (Lipinski definition) is 12. The maximum atomic E-state index is 12.3. The lowest BCUT2D eigenvalue weighted by Gasteiger charge is -2.24. The van der Waals surface area contributed by atoms with Crippen LogP contribution in [-0.4, -0.2) is 38.3 Å². The Bertz CT molecular complexity index is 1810. The summed E-state index contributed by atoms with van der Waals surface area (Å²) in [6, 6.07) is 5.43. The van der Waals surface area contributed by atoms with Gasteiger partial charge in [0.25, 0.3) is 20.2 Å². The number of ether oxygens (including phenoxy) is 2. The van der Waals surface area contributed by atoms with Crippen LogP contribution in [0.25, 0.3) is 0 Å². The van der Waals surface area contributed by atoms with Gasteiger partial charge in [0.05, 0.1) is 23.7 Å². The SMILES string of the molecule is CC(N)Nc1ccc2c(c1S(=O)(=O)O)Oc1c(Cl)c3c(c(Cl)c1=N2)Oc1c(ccc(NC(C)N)c1S(=O)(=O)O)N=3. The minimum atomic E-state index is -4.86. The van der Waals surface area contributed by atoms with Crippen LogP contribution in [0.1, 0.15) is 13.8 Å². The zero-order chi connectivity index (χ0) is 29.3. The fourth-order valence-electron chi connectivity index (χ4n) is 4.16. The normalized spacial score (nSPS) is 15.0. The van der Waals surface area contributed by atoms with E-state index in [9.17, 15) is 25.9 Å². The number of anilines is 2. The van der Waals surface area contributed by atoms with Gasteiger partial charge in [-0.2, -0.15) is 16.8 Å². The fraction of sp³-hybridized carbons (Fsp3) is 0.182. The Hall–Kier alpha value is -3.22. The van der Waals surface area contributed by atoms with E-state index in [1.165, 1.54) is 24.3 Å². The lowest BCUT2D eigenvalue weighted by Crippen LogP contribution is -2.27. The van der Waals surface area contributed by atoms with E-state index in [1.54, 1.807) is 13.8 Å². The average molecular weight is 631 g/mol. The molecule has 40 heavy (non-hydrogen) atoms. The smallest absolute Gasteiger partial charge is 0.300 e. The summed E-state index contributed by atoms with van der Waals surface area (Å²) in [7, 11) is -9.72. The molecule has 5 rings (SSSR count). The summed E-state index contributed by atoms with van der Waals surface area (Å²) < 4.78 is 80.9. The molecule has 0 bridgehead atoms. The Morgan fingerprint density at radius 1 is 0.725 bits per heavy atom. The third-order valence-electron chi connectivity index (χ3n) is 5.58. The first-order valence-corrected chi connectivity index (χ1v) is 14.9. The van der Waals surface area contributed by atoms with Crippen molar-refractivity contribution < 1.29 is 35.4 Å². The number of nitrogens with zero attached hydrogens (tertiary/aromatic N) is 2. The average Bonchev–Trinajstić information content (AvgIpc) is 2.83. The van der Waals surface area contributed by atoms with Crippen molar-refractivity contribution in [3.63, 3.8) is 0 Å². The predicted octanol–water partition coefficient (Wildman–Crippen LogP) is 3.03. The van der Waals surface area contributed by atoms with E-state index in [2.05, 4.69) is 20.6 Å². The second kappa shape index (κ2) is 9.71. The van der Waals surface area contributed by atoms with Gasteiger partial charge in [0.1, 0.15) is 32.1 Å². The van der Waals surface area contributed by atoms with Gasteiger partial charge >= 0.3 is 0 Å². The Morgan fingerprint density at radius 3 is 1.38 bits per heavy atom. The molecule has 212 valence electrons. The molecule has 2 aliphatic rings. The molecule has 2 aliphatic heterocycles. The highest BCUT2D eigenvalue weighted by atomic mass is 35.5. The third-order valence-corrected chi connectivity index (χ3v) is 8.13. The maximum absolute atomic E-state index is 12.3. The first kappa shape index (κ1) is 28.3. The topological polar surface area (TPSA) is 228 Å². The van der Waals surface area contributed by atoms with Crippen LogP contribution in [0.2, 0.25) is 10.0 Å². The molecule has 0 aromatic heterocycles. The van der Waals surface area contributed by atoms with Crippen molar-refractivity contribution in [1.29, 1.82) is 0 Å². The van der Waals surface area contributed by atoms with Crippen LogP contribution < -0.4 is 42.3 Å². The van der Waals surface area contributed by atoms with Gasteiger partial charge < -0.3 is 31.6 Å². The Labute approximate surface area is 237 Å². The van der Waals surface area contributed by atoms with Crippen LogP contribution in [0.15, 0.2) is 44.0 Å². The number of hydrogen-bond donors (Lipinski definition) is 6. The van der Waals surface area contributed by atoms with E-state index in [-0.39, 0.29) is 66.5 Å². The molecule has 0 radical (unpaired) electrons. The van der Waals surface area contributed by atoms with Crippen molar-refractivity contribution >= 4 is 66.2 Å². The maximum Gasteiger partial charge on any atom is 0.300 e.